The van der Waals surface area contributed by atoms with Crippen LogP contribution in [0, 0.1) is 0 Å². The normalized spacial score (nSPS) is 10.5. The number of nitrogens with one attached hydrogen (secondary N) is 1. The van der Waals surface area contributed by atoms with Gasteiger partial charge in [0.05, 0.1) is 25.3 Å². The van der Waals surface area contributed by atoms with Gasteiger partial charge >= 0.3 is 0 Å². The van der Waals surface area contributed by atoms with Crippen molar-refractivity contribution < 1.29 is 18.8 Å². The molecule has 0 saturated heterocycles. The summed E-state index contributed by atoms with van der Waals surface area (Å²) >= 11 is 6.04. The number of benzene rings is 2. The largest absolute Gasteiger partial charge is 0.495 e. The van der Waals surface area contributed by atoms with E-state index in [-0.39, 0.29) is 12.5 Å². The maximum Gasteiger partial charge on any atom is 0.251 e. The summed E-state index contributed by atoms with van der Waals surface area (Å²) in [5, 5.41) is 7.01. The van der Waals surface area contributed by atoms with E-state index in [4.69, 9.17) is 25.6 Å². The predicted octanol–water partition coefficient (Wildman–Crippen LogP) is 3.73. The summed E-state index contributed by atoms with van der Waals surface area (Å²) in [5.41, 5.74) is 1.20. The molecule has 0 saturated carbocycles. The van der Waals surface area contributed by atoms with E-state index in [0.717, 1.165) is 11.3 Å². The minimum absolute atomic E-state index is 0.104. The zero-order valence-corrected chi connectivity index (χ0v) is 15.6. The second kappa shape index (κ2) is 8.55. The summed E-state index contributed by atoms with van der Waals surface area (Å²) in [6.07, 6.45) is 0. The molecule has 3 rings (SSSR count). The average molecular weight is 388 g/mol. The number of amides is 1. The zero-order valence-electron chi connectivity index (χ0n) is 14.9. The molecule has 0 bridgehead atoms. The topological polar surface area (TPSA) is 86.5 Å². The maximum atomic E-state index is 12.2. The fraction of sp³-hybridized carbons (Fsp3) is 0.211. The fourth-order valence-corrected chi connectivity index (χ4v) is 2.63. The molecule has 1 heterocycles. The molecule has 0 aliphatic carbocycles. The van der Waals surface area contributed by atoms with E-state index < -0.39 is 0 Å². The Hall–Kier alpha value is -3.06. The summed E-state index contributed by atoms with van der Waals surface area (Å²) in [4.78, 5) is 16.5. The first-order valence-electron chi connectivity index (χ1n) is 8.28. The van der Waals surface area contributed by atoms with Crippen LogP contribution < -0.4 is 14.8 Å². The van der Waals surface area contributed by atoms with E-state index >= 15 is 0 Å². The van der Waals surface area contributed by atoms with Crippen molar-refractivity contribution in [3.05, 3.63) is 58.9 Å². The summed E-state index contributed by atoms with van der Waals surface area (Å²) in [7, 11) is 1.51. The smallest absolute Gasteiger partial charge is 0.251 e. The Morgan fingerprint density at radius 1 is 1.22 bits per heavy atom. The summed E-state index contributed by atoms with van der Waals surface area (Å²) in [6.45, 7) is 2.63. The van der Waals surface area contributed by atoms with Crippen LogP contribution in [-0.2, 0) is 6.54 Å². The lowest BCUT2D eigenvalue weighted by molar-refractivity contribution is 0.0946. The van der Waals surface area contributed by atoms with Gasteiger partial charge in [-0.3, -0.25) is 4.79 Å². The number of methoxy groups -OCH3 is 1. The molecule has 140 valence electrons. The molecule has 1 amide bonds. The van der Waals surface area contributed by atoms with E-state index in [2.05, 4.69) is 15.5 Å². The van der Waals surface area contributed by atoms with Crippen molar-refractivity contribution in [2.45, 2.75) is 13.5 Å². The Balaban J connectivity index is 1.62. The van der Waals surface area contributed by atoms with Crippen molar-refractivity contribution in [1.29, 1.82) is 0 Å². The minimum Gasteiger partial charge on any atom is -0.495 e. The van der Waals surface area contributed by atoms with E-state index in [1.165, 1.54) is 13.2 Å². The van der Waals surface area contributed by atoms with Crippen molar-refractivity contribution >= 4 is 17.5 Å². The van der Waals surface area contributed by atoms with Crippen LogP contribution in [0.3, 0.4) is 0 Å². The number of carbonyl (C=O) groups is 1. The van der Waals surface area contributed by atoms with Gasteiger partial charge < -0.3 is 19.3 Å². The third-order valence-corrected chi connectivity index (χ3v) is 4.00. The Kier molecular flexibility index (Phi) is 5.93. The van der Waals surface area contributed by atoms with Crippen molar-refractivity contribution in [3.8, 4) is 22.9 Å². The second-order valence-electron chi connectivity index (χ2n) is 5.50. The molecule has 7 nitrogen and oxygen atoms in total. The molecule has 1 aromatic heterocycles. The summed E-state index contributed by atoms with van der Waals surface area (Å²) in [5.74, 6) is 1.71. The molecular weight excluding hydrogens is 370 g/mol. The third kappa shape index (κ3) is 4.57. The quantitative estimate of drug-likeness (QED) is 0.664. The molecule has 0 aliphatic rings. The molecule has 0 atom stereocenters. The van der Waals surface area contributed by atoms with Gasteiger partial charge in [-0.05, 0) is 49.4 Å². The van der Waals surface area contributed by atoms with Crippen LogP contribution in [0.5, 0.6) is 11.5 Å². The highest BCUT2D eigenvalue weighted by Crippen LogP contribution is 2.25. The van der Waals surface area contributed by atoms with Crippen LogP contribution in [0.15, 0.2) is 47.0 Å². The van der Waals surface area contributed by atoms with Crippen LogP contribution in [0.2, 0.25) is 5.02 Å². The van der Waals surface area contributed by atoms with Gasteiger partial charge in [-0.2, -0.15) is 4.98 Å². The Morgan fingerprint density at radius 3 is 2.67 bits per heavy atom. The van der Waals surface area contributed by atoms with Crippen molar-refractivity contribution in [3.63, 3.8) is 0 Å². The highest BCUT2D eigenvalue weighted by atomic mass is 35.5. The van der Waals surface area contributed by atoms with Gasteiger partial charge in [-0.1, -0.05) is 16.8 Å². The molecule has 0 fully saturated rings. The maximum absolute atomic E-state index is 12.2. The van der Waals surface area contributed by atoms with Gasteiger partial charge in [0.2, 0.25) is 11.7 Å². The molecule has 1 N–H and O–H groups in total. The number of halogens is 1. The zero-order chi connectivity index (χ0) is 19.2. The molecular formula is C19H18ClN3O4. The number of ether oxygens (including phenoxy) is 2. The highest BCUT2D eigenvalue weighted by molar-refractivity contribution is 6.32. The van der Waals surface area contributed by atoms with Crippen LogP contribution in [0.25, 0.3) is 11.4 Å². The second-order valence-corrected chi connectivity index (χ2v) is 5.91. The lowest BCUT2D eigenvalue weighted by Gasteiger charge is -2.06. The van der Waals surface area contributed by atoms with Gasteiger partial charge in [-0.15, -0.1) is 0 Å². The molecule has 27 heavy (non-hydrogen) atoms. The monoisotopic (exact) mass is 387 g/mol. The Bertz CT molecular complexity index is 925. The van der Waals surface area contributed by atoms with Crippen LogP contribution in [0.4, 0.5) is 0 Å². The van der Waals surface area contributed by atoms with Crippen molar-refractivity contribution in [2.24, 2.45) is 0 Å². The number of carbonyl (C=O) groups excluding carboxylic acids is 1. The number of nitrogens with zero attached hydrogens (tertiary/aromatic N) is 2. The van der Waals surface area contributed by atoms with Gasteiger partial charge in [0, 0.05) is 11.1 Å². The minimum atomic E-state index is -0.305. The standard InChI is InChI=1S/C19H18ClN3O4/c1-3-26-14-7-4-12(5-8-14)18-22-17(27-23-18)11-21-19(24)13-6-9-16(25-2)15(20)10-13/h4-10H,3,11H2,1-2H3,(H,21,24). The van der Waals surface area contributed by atoms with E-state index in [1.807, 2.05) is 31.2 Å². The van der Waals surface area contributed by atoms with Crippen LogP contribution in [-0.4, -0.2) is 29.8 Å². The molecule has 0 unspecified atom stereocenters. The lowest BCUT2D eigenvalue weighted by atomic mass is 10.2. The number of rotatable bonds is 7. The van der Waals surface area contributed by atoms with Crippen molar-refractivity contribution in [2.75, 3.05) is 13.7 Å². The molecule has 8 heteroatoms. The van der Waals surface area contributed by atoms with Gasteiger partial charge in [0.1, 0.15) is 11.5 Å². The van der Waals surface area contributed by atoms with Crippen LogP contribution >= 0.6 is 11.6 Å². The Labute approximate surface area is 161 Å². The Morgan fingerprint density at radius 2 is 2.00 bits per heavy atom. The molecule has 0 spiro atoms. The first kappa shape index (κ1) is 18.7. The van der Waals surface area contributed by atoms with E-state index in [9.17, 15) is 4.79 Å². The number of aromatic nitrogens is 2. The molecule has 2 aromatic carbocycles. The number of hydrogen-bond donors (Lipinski definition) is 1. The van der Waals surface area contributed by atoms with E-state index in [1.54, 1.807) is 12.1 Å². The van der Waals surface area contributed by atoms with Gasteiger partial charge in [-0.25, -0.2) is 0 Å². The molecule has 3 aromatic rings. The molecule has 0 aliphatic heterocycles. The summed E-state index contributed by atoms with van der Waals surface area (Å²) in [6, 6.07) is 12.2. The predicted molar refractivity (Wildman–Crippen MR) is 100 cm³/mol. The summed E-state index contributed by atoms with van der Waals surface area (Å²) < 4.78 is 15.7. The highest BCUT2D eigenvalue weighted by Gasteiger charge is 2.12. The van der Waals surface area contributed by atoms with Gasteiger partial charge in [0.25, 0.3) is 5.91 Å². The molecule has 0 radical (unpaired) electrons. The van der Waals surface area contributed by atoms with Gasteiger partial charge in [0.15, 0.2) is 0 Å². The van der Waals surface area contributed by atoms with E-state index in [0.29, 0.717) is 34.7 Å². The lowest BCUT2D eigenvalue weighted by Crippen LogP contribution is -2.22. The van der Waals surface area contributed by atoms with Crippen LogP contribution in [0.1, 0.15) is 23.2 Å². The first-order valence-corrected chi connectivity index (χ1v) is 8.66. The third-order valence-electron chi connectivity index (χ3n) is 3.71. The van der Waals surface area contributed by atoms with Crippen molar-refractivity contribution in [1.82, 2.24) is 15.5 Å². The SMILES string of the molecule is CCOc1ccc(-c2noc(CNC(=O)c3ccc(OC)c(Cl)c3)n2)cc1. The average Bonchev–Trinajstić information content (AvgIpc) is 3.16. The fourth-order valence-electron chi connectivity index (χ4n) is 2.38. The number of hydrogen-bond acceptors (Lipinski definition) is 6. The first-order chi connectivity index (χ1) is 13.1.